The third-order valence-electron chi connectivity index (χ3n) is 1.89. The molecule has 0 N–H and O–H groups in total. The number of hydrogen-bond donors (Lipinski definition) is 0. The minimum atomic E-state index is 0.637. The maximum Gasteiger partial charge on any atom is 0.0650 e. The Morgan fingerprint density at radius 3 is 2.25 bits per heavy atom. The van der Waals surface area contributed by atoms with E-state index in [1.165, 1.54) is 5.57 Å². The highest BCUT2D eigenvalue weighted by atomic mass is 16.5. The number of rotatable bonds is 5. The monoisotopic (exact) mass is 170 g/mol. The van der Waals surface area contributed by atoms with Crippen LogP contribution in [0.1, 0.15) is 34.6 Å². The molecule has 0 aliphatic heterocycles. The van der Waals surface area contributed by atoms with Crippen molar-refractivity contribution in [3.05, 3.63) is 11.6 Å². The van der Waals surface area contributed by atoms with Crippen molar-refractivity contribution in [3.63, 3.8) is 0 Å². The fourth-order valence-electron chi connectivity index (χ4n) is 0.730. The maximum absolute atomic E-state index is 5.44. The second-order valence-corrected chi connectivity index (χ2v) is 4.03. The molecule has 72 valence electrons. The summed E-state index contributed by atoms with van der Waals surface area (Å²) in [4.78, 5) is 0. The molecule has 0 fully saturated rings. The molecule has 0 aromatic heterocycles. The van der Waals surface area contributed by atoms with Crippen LogP contribution in [0.4, 0.5) is 0 Å². The highest BCUT2D eigenvalue weighted by Gasteiger charge is 1.95. The van der Waals surface area contributed by atoms with Crippen LogP contribution in [0.15, 0.2) is 11.6 Å². The van der Waals surface area contributed by atoms with Crippen molar-refractivity contribution < 1.29 is 4.74 Å². The normalized spacial score (nSPS) is 13.1. The van der Waals surface area contributed by atoms with Crippen LogP contribution in [-0.4, -0.2) is 13.2 Å². The van der Waals surface area contributed by atoms with Crippen LogP contribution >= 0.6 is 0 Å². The van der Waals surface area contributed by atoms with Gasteiger partial charge in [-0.3, -0.25) is 0 Å². The van der Waals surface area contributed by atoms with E-state index in [0.717, 1.165) is 13.2 Å². The number of hydrogen-bond acceptors (Lipinski definition) is 1. The molecule has 0 bridgehead atoms. The first-order chi connectivity index (χ1) is 5.54. The average molecular weight is 170 g/mol. The Hall–Kier alpha value is -0.300. The molecule has 0 aliphatic rings. The fourth-order valence-corrected chi connectivity index (χ4v) is 0.730. The first-order valence-electron chi connectivity index (χ1n) is 4.78. The minimum Gasteiger partial charge on any atom is -0.377 e. The topological polar surface area (TPSA) is 9.23 Å². The molecule has 0 amide bonds. The van der Waals surface area contributed by atoms with Gasteiger partial charge in [0.2, 0.25) is 0 Å². The Bertz CT molecular complexity index is 134. The molecule has 0 aromatic carbocycles. The van der Waals surface area contributed by atoms with Gasteiger partial charge >= 0.3 is 0 Å². The van der Waals surface area contributed by atoms with Crippen molar-refractivity contribution >= 4 is 0 Å². The van der Waals surface area contributed by atoms with E-state index in [1.807, 2.05) is 0 Å². The molecule has 0 saturated carbocycles. The molecule has 0 saturated heterocycles. The summed E-state index contributed by atoms with van der Waals surface area (Å²) in [6, 6.07) is 0. The molecule has 0 spiro atoms. The van der Waals surface area contributed by atoms with Gasteiger partial charge in [0.1, 0.15) is 0 Å². The summed E-state index contributed by atoms with van der Waals surface area (Å²) in [5, 5.41) is 0. The van der Waals surface area contributed by atoms with E-state index < -0.39 is 0 Å². The second kappa shape index (κ2) is 6.24. The van der Waals surface area contributed by atoms with Crippen LogP contribution < -0.4 is 0 Å². The molecule has 1 heteroatoms. The van der Waals surface area contributed by atoms with Gasteiger partial charge in [0.25, 0.3) is 0 Å². The van der Waals surface area contributed by atoms with Gasteiger partial charge in [0.15, 0.2) is 0 Å². The number of ether oxygens (including phenoxy) is 1. The van der Waals surface area contributed by atoms with Crippen LogP contribution in [0.5, 0.6) is 0 Å². The van der Waals surface area contributed by atoms with E-state index in [4.69, 9.17) is 4.74 Å². The van der Waals surface area contributed by atoms with Crippen LogP contribution in [0.25, 0.3) is 0 Å². The van der Waals surface area contributed by atoms with Gasteiger partial charge in [0, 0.05) is 6.61 Å². The van der Waals surface area contributed by atoms with Gasteiger partial charge < -0.3 is 4.74 Å². The lowest BCUT2D eigenvalue weighted by molar-refractivity contribution is 0.134. The molecular formula is C11H22O. The Labute approximate surface area is 76.8 Å². The zero-order valence-electron chi connectivity index (χ0n) is 9.05. The second-order valence-electron chi connectivity index (χ2n) is 4.03. The molecule has 12 heavy (non-hydrogen) atoms. The predicted molar refractivity (Wildman–Crippen MR) is 54.3 cm³/mol. The van der Waals surface area contributed by atoms with Gasteiger partial charge in [-0.05, 0) is 18.8 Å². The first-order valence-corrected chi connectivity index (χ1v) is 4.78. The SMILES string of the molecule is CC(=CCOCC(C)C)C(C)C. The molecule has 0 radical (unpaired) electrons. The zero-order valence-corrected chi connectivity index (χ0v) is 9.05. The van der Waals surface area contributed by atoms with E-state index in [-0.39, 0.29) is 0 Å². The largest absolute Gasteiger partial charge is 0.377 e. The summed E-state index contributed by atoms with van der Waals surface area (Å²) < 4.78 is 5.44. The quantitative estimate of drug-likeness (QED) is 0.454. The Morgan fingerprint density at radius 1 is 1.25 bits per heavy atom. The summed E-state index contributed by atoms with van der Waals surface area (Å²) in [6.07, 6.45) is 2.17. The molecule has 1 nitrogen and oxygen atoms in total. The third-order valence-corrected chi connectivity index (χ3v) is 1.89. The lowest BCUT2D eigenvalue weighted by Gasteiger charge is -2.07. The summed E-state index contributed by atoms with van der Waals surface area (Å²) in [6.45, 7) is 12.5. The zero-order chi connectivity index (χ0) is 9.56. The highest BCUT2D eigenvalue weighted by molar-refractivity contribution is 5.00. The van der Waals surface area contributed by atoms with Crippen molar-refractivity contribution in [3.8, 4) is 0 Å². The first kappa shape index (κ1) is 11.7. The maximum atomic E-state index is 5.44. The smallest absolute Gasteiger partial charge is 0.0650 e. The molecule has 0 unspecified atom stereocenters. The highest BCUT2D eigenvalue weighted by Crippen LogP contribution is 2.07. The van der Waals surface area contributed by atoms with E-state index >= 15 is 0 Å². The molecule has 0 aliphatic carbocycles. The van der Waals surface area contributed by atoms with Gasteiger partial charge in [0.05, 0.1) is 6.61 Å². The van der Waals surface area contributed by atoms with Gasteiger partial charge in [-0.25, -0.2) is 0 Å². The van der Waals surface area contributed by atoms with Crippen molar-refractivity contribution in [2.75, 3.05) is 13.2 Å². The fraction of sp³-hybridized carbons (Fsp3) is 0.818. The average Bonchev–Trinajstić information content (AvgIpc) is 1.97. The Balaban J connectivity index is 3.47. The van der Waals surface area contributed by atoms with E-state index in [9.17, 15) is 0 Å². The van der Waals surface area contributed by atoms with Gasteiger partial charge in [-0.2, -0.15) is 0 Å². The molecular weight excluding hydrogens is 148 g/mol. The van der Waals surface area contributed by atoms with Crippen molar-refractivity contribution in [1.29, 1.82) is 0 Å². The van der Waals surface area contributed by atoms with E-state index in [1.54, 1.807) is 0 Å². The van der Waals surface area contributed by atoms with Crippen LogP contribution in [0.2, 0.25) is 0 Å². The standard InChI is InChI=1S/C11H22O/c1-9(2)8-12-7-6-11(5)10(3)4/h6,9-10H,7-8H2,1-5H3. The number of allylic oxidation sites excluding steroid dienone is 1. The van der Waals surface area contributed by atoms with Crippen LogP contribution in [0.3, 0.4) is 0 Å². The minimum absolute atomic E-state index is 0.637. The predicted octanol–water partition coefficient (Wildman–Crippen LogP) is 3.26. The Morgan fingerprint density at radius 2 is 1.83 bits per heavy atom. The van der Waals surface area contributed by atoms with Crippen molar-refractivity contribution in [2.45, 2.75) is 34.6 Å². The summed E-state index contributed by atoms with van der Waals surface area (Å²) in [5.74, 6) is 1.28. The lowest BCUT2D eigenvalue weighted by Crippen LogP contribution is -2.02. The van der Waals surface area contributed by atoms with E-state index in [2.05, 4.69) is 40.7 Å². The van der Waals surface area contributed by atoms with E-state index in [0.29, 0.717) is 11.8 Å². The van der Waals surface area contributed by atoms with Crippen molar-refractivity contribution in [2.24, 2.45) is 11.8 Å². The van der Waals surface area contributed by atoms with Crippen LogP contribution in [-0.2, 0) is 4.74 Å². The summed E-state index contributed by atoms with van der Waals surface area (Å²) >= 11 is 0. The van der Waals surface area contributed by atoms with Crippen molar-refractivity contribution in [1.82, 2.24) is 0 Å². The molecule has 0 aromatic rings. The third kappa shape index (κ3) is 6.41. The summed E-state index contributed by atoms with van der Waals surface area (Å²) in [7, 11) is 0. The molecule has 0 heterocycles. The lowest BCUT2D eigenvalue weighted by atomic mass is 10.1. The van der Waals surface area contributed by atoms with Gasteiger partial charge in [-0.1, -0.05) is 39.3 Å². The van der Waals surface area contributed by atoms with Gasteiger partial charge in [-0.15, -0.1) is 0 Å². The summed E-state index contributed by atoms with van der Waals surface area (Å²) in [5.41, 5.74) is 1.42. The molecule has 0 rings (SSSR count). The molecule has 0 atom stereocenters. The Kier molecular flexibility index (Phi) is 6.09. The van der Waals surface area contributed by atoms with Crippen LogP contribution in [0, 0.1) is 11.8 Å².